The number of fused-ring (bicyclic) bond motifs is 1. The van der Waals surface area contributed by atoms with Crippen LogP contribution in [0.5, 0.6) is 11.5 Å². The zero-order chi connectivity index (χ0) is 23.9. The van der Waals surface area contributed by atoms with E-state index in [1.165, 1.54) is 37.9 Å². The molecule has 2 aliphatic carbocycles. The lowest BCUT2D eigenvalue weighted by atomic mass is 10.0. The first-order valence-corrected chi connectivity index (χ1v) is 12.8. The van der Waals surface area contributed by atoms with Gasteiger partial charge in [0.25, 0.3) is 5.91 Å². The largest absolute Gasteiger partial charge is 0.493 e. The van der Waals surface area contributed by atoms with Crippen LogP contribution in [0.25, 0.3) is 11.3 Å². The van der Waals surface area contributed by atoms with Gasteiger partial charge in [-0.1, -0.05) is 18.2 Å². The Bertz CT molecular complexity index is 1210. The van der Waals surface area contributed by atoms with Crippen LogP contribution in [-0.4, -0.2) is 40.6 Å². The first-order chi connectivity index (χ1) is 17.1. The van der Waals surface area contributed by atoms with E-state index < -0.39 is 0 Å². The molecule has 0 radical (unpaired) electrons. The third kappa shape index (κ3) is 4.42. The molecule has 6 heteroatoms. The number of aryl methyl sites for hydroxylation is 2. The van der Waals surface area contributed by atoms with Crippen LogP contribution in [0.3, 0.4) is 0 Å². The van der Waals surface area contributed by atoms with Crippen LogP contribution in [0.4, 0.5) is 0 Å². The average molecular weight is 472 g/mol. The number of ether oxygens (including phenoxy) is 2. The van der Waals surface area contributed by atoms with Gasteiger partial charge < -0.3 is 18.9 Å². The molecule has 6 rings (SSSR count). The zero-order valence-corrected chi connectivity index (χ0v) is 20.6. The monoisotopic (exact) mass is 471 g/mol. The molecule has 1 amide bonds. The average Bonchev–Trinajstić information content (AvgIpc) is 3.81. The van der Waals surface area contributed by atoms with E-state index in [1.807, 2.05) is 18.2 Å². The lowest BCUT2D eigenvalue weighted by molar-refractivity contribution is 0.0605. The highest BCUT2D eigenvalue weighted by Gasteiger charge is 2.46. The normalized spacial score (nSPS) is 16.9. The van der Waals surface area contributed by atoms with E-state index in [0.29, 0.717) is 41.5 Å². The summed E-state index contributed by atoms with van der Waals surface area (Å²) in [6, 6.07) is 14.4. The van der Waals surface area contributed by atoms with Gasteiger partial charge in [-0.15, -0.1) is 0 Å². The second-order valence-electron chi connectivity index (χ2n) is 10.2. The van der Waals surface area contributed by atoms with Crippen LogP contribution < -0.4 is 9.47 Å². The van der Waals surface area contributed by atoms with E-state index in [1.54, 1.807) is 14.2 Å². The van der Waals surface area contributed by atoms with Crippen LogP contribution >= 0.6 is 0 Å². The topological polar surface area (TPSA) is 56.6 Å². The second-order valence-corrected chi connectivity index (χ2v) is 10.2. The summed E-state index contributed by atoms with van der Waals surface area (Å²) in [7, 11) is 3.22. The molecule has 3 aliphatic rings. The van der Waals surface area contributed by atoms with Crippen molar-refractivity contribution in [3.05, 3.63) is 65.6 Å². The van der Waals surface area contributed by atoms with Crippen LogP contribution in [0.15, 0.2) is 48.7 Å². The van der Waals surface area contributed by atoms with Crippen LogP contribution in [0.1, 0.15) is 53.8 Å². The van der Waals surface area contributed by atoms with Gasteiger partial charge in [0.2, 0.25) is 0 Å². The fourth-order valence-electron chi connectivity index (χ4n) is 5.64. The van der Waals surface area contributed by atoms with E-state index >= 15 is 0 Å². The summed E-state index contributed by atoms with van der Waals surface area (Å²) in [6.07, 6.45) is 9.28. The van der Waals surface area contributed by atoms with Gasteiger partial charge in [0.05, 0.1) is 19.9 Å². The van der Waals surface area contributed by atoms with E-state index in [4.69, 9.17) is 14.5 Å². The summed E-state index contributed by atoms with van der Waals surface area (Å²) >= 11 is 0. The minimum atomic E-state index is 0.0705. The van der Waals surface area contributed by atoms with Gasteiger partial charge in [-0.2, -0.15) is 0 Å². The van der Waals surface area contributed by atoms with Gasteiger partial charge in [0, 0.05) is 42.9 Å². The molecule has 0 saturated heterocycles. The number of nitrogens with zero attached hydrogens (tertiary/aromatic N) is 3. The number of hydrogen-bond donors (Lipinski definition) is 0. The van der Waals surface area contributed by atoms with Gasteiger partial charge in [0.15, 0.2) is 11.5 Å². The molecule has 1 aromatic heterocycles. The number of hydrogen-bond acceptors (Lipinski definition) is 4. The van der Waals surface area contributed by atoms with Gasteiger partial charge in [-0.3, -0.25) is 4.79 Å². The van der Waals surface area contributed by atoms with Crippen molar-refractivity contribution < 1.29 is 14.3 Å². The maximum atomic E-state index is 14.0. The number of rotatable bonds is 9. The van der Waals surface area contributed by atoms with Gasteiger partial charge in [0.1, 0.15) is 5.82 Å². The standard InChI is InChI=1S/C29H33N3O3/c1-34-25-13-12-23(16-26(25)35-2)29(33)32(28(20-8-9-20)21-10-11-21)17-19-5-3-6-22(15-19)24-18-31-14-4-7-27(31)30-24/h3,5-6,12-13,15-16,18,20-21,28H,4,7-11,14,17H2,1-2H3. The van der Waals surface area contributed by atoms with Crippen molar-refractivity contribution in [2.45, 2.75) is 57.7 Å². The highest BCUT2D eigenvalue weighted by atomic mass is 16.5. The molecular formula is C29H33N3O3. The number of benzene rings is 2. The predicted molar refractivity (Wildman–Crippen MR) is 135 cm³/mol. The first-order valence-electron chi connectivity index (χ1n) is 12.8. The Morgan fingerprint density at radius 2 is 1.83 bits per heavy atom. The summed E-state index contributed by atoms with van der Waals surface area (Å²) in [5, 5.41) is 0. The summed E-state index contributed by atoms with van der Waals surface area (Å²) in [6.45, 7) is 1.66. The molecule has 35 heavy (non-hydrogen) atoms. The Labute approximate surface area is 206 Å². The summed E-state index contributed by atoms with van der Waals surface area (Å²) < 4.78 is 13.2. The summed E-state index contributed by atoms with van der Waals surface area (Å²) in [4.78, 5) is 21.0. The van der Waals surface area contributed by atoms with Crippen LogP contribution in [0.2, 0.25) is 0 Å². The molecule has 2 saturated carbocycles. The molecule has 0 unspecified atom stereocenters. The SMILES string of the molecule is COc1ccc(C(=O)N(Cc2cccc(-c3cn4c(n3)CCC4)c2)C(C2CC2)C2CC2)cc1OC. The Hall–Kier alpha value is -3.28. The molecule has 0 atom stereocenters. The summed E-state index contributed by atoms with van der Waals surface area (Å²) in [5.41, 5.74) is 3.95. The van der Waals surface area contributed by atoms with Crippen molar-refractivity contribution in [2.24, 2.45) is 11.8 Å². The van der Waals surface area contributed by atoms with Crippen LogP contribution in [0, 0.1) is 11.8 Å². The van der Waals surface area contributed by atoms with E-state index in [2.05, 4.69) is 39.9 Å². The fourth-order valence-corrected chi connectivity index (χ4v) is 5.64. The van der Waals surface area contributed by atoms with Gasteiger partial charge >= 0.3 is 0 Å². The Kier molecular flexibility index (Phi) is 5.75. The first kappa shape index (κ1) is 22.2. The lowest BCUT2D eigenvalue weighted by Gasteiger charge is -2.33. The highest BCUT2D eigenvalue weighted by Crippen LogP contribution is 2.48. The van der Waals surface area contributed by atoms with Crippen molar-refractivity contribution in [3.8, 4) is 22.8 Å². The van der Waals surface area contributed by atoms with Crippen molar-refractivity contribution in [3.63, 3.8) is 0 Å². The third-order valence-corrected chi connectivity index (χ3v) is 7.70. The van der Waals surface area contributed by atoms with Crippen LogP contribution in [-0.2, 0) is 19.5 Å². The smallest absolute Gasteiger partial charge is 0.254 e. The molecule has 0 spiro atoms. The van der Waals surface area contributed by atoms with Gasteiger partial charge in [-0.05, 0) is 73.8 Å². The number of imidazole rings is 1. The van der Waals surface area contributed by atoms with Crippen molar-refractivity contribution in [2.75, 3.05) is 14.2 Å². The van der Waals surface area contributed by atoms with Gasteiger partial charge in [-0.25, -0.2) is 4.98 Å². The minimum Gasteiger partial charge on any atom is -0.493 e. The third-order valence-electron chi connectivity index (χ3n) is 7.70. The van der Waals surface area contributed by atoms with E-state index in [9.17, 15) is 4.79 Å². The fraction of sp³-hybridized carbons (Fsp3) is 0.448. The minimum absolute atomic E-state index is 0.0705. The maximum Gasteiger partial charge on any atom is 0.254 e. The Morgan fingerprint density at radius 1 is 1.06 bits per heavy atom. The number of amides is 1. The molecule has 1 aliphatic heterocycles. The number of methoxy groups -OCH3 is 2. The van der Waals surface area contributed by atoms with E-state index in [0.717, 1.165) is 29.8 Å². The van der Waals surface area contributed by atoms with E-state index in [-0.39, 0.29) is 5.91 Å². The number of carbonyl (C=O) groups is 1. The number of carbonyl (C=O) groups excluding carboxylic acids is 1. The molecule has 2 aromatic carbocycles. The predicted octanol–water partition coefficient (Wildman–Crippen LogP) is 5.34. The maximum absolute atomic E-state index is 14.0. The summed E-state index contributed by atoms with van der Waals surface area (Å²) in [5.74, 6) is 3.70. The lowest BCUT2D eigenvalue weighted by Crippen LogP contribution is -2.42. The number of aromatic nitrogens is 2. The molecule has 2 fully saturated rings. The molecule has 182 valence electrons. The van der Waals surface area contributed by atoms with Crippen molar-refractivity contribution >= 4 is 5.91 Å². The molecule has 0 bridgehead atoms. The highest BCUT2D eigenvalue weighted by molar-refractivity contribution is 5.95. The quantitative estimate of drug-likeness (QED) is 0.422. The Balaban J connectivity index is 1.32. The second kappa shape index (κ2) is 9.06. The zero-order valence-electron chi connectivity index (χ0n) is 20.6. The molecule has 3 aromatic rings. The molecule has 0 N–H and O–H groups in total. The van der Waals surface area contributed by atoms with Crippen molar-refractivity contribution in [1.29, 1.82) is 0 Å². The molecule has 2 heterocycles. The molecule has 6 nitrogen and oxygen atoms in total. The Morgan fingerprint density at radius 3 is 2.51 bits per heavy atom. The molecular weight excluding hydrogens is 438 g/mol. The van der Waals surface area contributed by atoms with Crippen molar-refractivity contribution in [1.82, 2.24) is 14.5 Å².